The highest BCUT2D eigenvalue weighted by Gasteiger charge is 2.05. The van der Waals surface area contributed by atoms with Crippen LogP contribution in [0, 0.1) is 4.77 Å². The minimum absolute atomic E-state index is 0.411. The van der Waals surface area contributed by atoms with Crippen LogP contribution in [0.5, 0.6) is 0 Å². The molecule has 74 valence electrons. The van der Waals surface area contributed by atoms with Crippen molar-refractivity contribution in [1.82, 2.24) is 19.7 Å². The number of H-pyrrole nitrogens is 1. The Balaban J connectivity index is 2.54. The van der Waals surface area contributed by atoms with Gasteiger partial charge in [0, 0.05) is 6.04 Å². The van der Waals surface area contributed by atoms with Gasteiger partial charge in [-0.1, -0.05) is 0 Å². The molecule has 1 atom stereocenters. The summed E-state index contributed by atoms with van der Waals surface area (Å²) in [4.78, 5) is 2.17. The van der Waals surface area contributed by atoms with Gasteiger partial charge in [-0.3, -0.25) is 5.10 Å². The van der Waals surface area contributed by atoms with Gasteiger partial charge in [0.15, 0.2) is 4.77 Å². The largest absolute Gasteiger partial charge is 0.309 e. The quantitative estimate of drug-likeness (QED) is 0.747. The molecule has 0 amide bonds. The molecule has 0 aromatic carbocycles. The Labute approximate surface area is 83.6 Å². The second-order valence-corrected chi connectivity index (χ2v) is 3.90. The fourth-order valence-corrected chi connectivity index (χ4v) is 1.43. The smallest absolute Gasteiger partial charge is 0.195 e. The van der Waals surface area contributed by atoms with E-state index in [0.29, 0.717) is 10.8 Å². The van der Waals surface area contributed by atoms with Crippen LogP contribution in [0.15, 0.2) is 6.33 Å². The maximum atomic E-state index is 5.07. The molecule has 1 aromatic heterocycles. The topological polar surface area (TPSA) is 36.9 Å². The highest BCUT2D eigenvalue weighted by molar-refractivity contribution is 7.71. The fraction of sp³-hybridized carbons (Fsp3) is 0.750. The van der Waals surface area contributed by atoms with Crippen LogP contribution in [-0.4, -0.2) is 40.3 Å². The molecule has 1 unspecified atom stereocenters. The molecule has 0 saturated heterocycles. The highest BCUT2D eigenvalue weighted by Crippen LogP contribution is 2.09. The lowest BCUT2D eigenvalue weighted by Gasteiger charge is -2.15. The first kappa shape index (κ1) is 10.4. The van der Waals surface area contributed by atoms with E-state index in [1.807, 2.05) is 4.57 Å². The lowest BCUT2D eigenvalue weighted by molar-refractivity contribution is 0.356. The summed E-state index contributed by atoms with van der Waals surface area (Å²) in [5.41, 5.74) is 0. The third kappa shape index (κ3) is 2.93. The zero-order valence-electron chi connectivity index (χ0n) is 8.32. The third-order valence-electron chi connectivity index (χ3n) is 2.05. The number of nitrogens with zero attached hydrogens (tertiary/aromatic N) is 3. The summed E-state index contributed by atoms with van der Waals surface area (Å²) < 4.78 is 2.69. The molecule has 1 N–H and O–H groups in total. The fourth-order valence-electron chi connectivity index (χ4n) is 1.15. The van der Waals surface area contributed by atoms with Crippen LogP contribution in [0.4, 0.5) is 0 Å². The normalized spacial score (nSPS) is 13.5. The van der Waals surface area contributed by atoms with Gasteiger partial charge in [-0.15, -0.1) is 0 Å². The summed E-state index contributed by atoms with van der Waals surface area (Å²) in [6, 6.07) is 0.411. The van der Waals surface area contributed by atoms with Gasteiger partial charge in [0.25, 0.3) is 0 Å². The number of hydrogen-bond acceptors (Lipinski definition) is 3. The molecule has 0 spiro atoms. The van der Waals surface area contributed by atoms with Crippen molar-refractivity contribution in [1.29, 1.82) is 0 Å². The number of aromatic nitrogens is 3. The van der Waals surface area contributed by atoms with Crippen LogP contribution < -0.4 is 0 Å². The molecule has 0 aliphatic heterocycles. The summed E-state index contributed by atoms with van der Waals surface area (Å²) in [6.07, 6.45) is 2.84. The Morgan fingerprint density at radius 1 is 1.69 bits per heavy atom. The average Bonchev–Trinajstić information content (AvgIpc) is 2.47. The van der Waals surface area contributed by atoms with E-state index in [2.05, 4.69) is 36.1 Å². The van der Waals surface area contributed by atoms with Crippen molar-refractivity contribution < 1.29 is 0 Å². The van der Waals surface area contributed by atoms with Crippen LogP contribution in [0.25, 0.3) is 0 Å². The second kappa shape index (κ2) is 4.53. The summed E-state index contributed by atoms with van der Waals surface area (Å²) in [5, 5.41) is 6.64. The zero-order valence-corrected chi connectivity index (χ0v) is 9.14. The zero-order chi connectivity index (χ0) is 9.84. The van der Waals surface area contributed by atoms with E-state index in [0.717, 1.165) is 13.0 Å². The van der Waals surface area contributed by atoms with Gasteiger partial charge in [0.2, 0.25) is 0 Å². The van der Waals surface area contributed by atoms with Gasteiger partial charge in [0.1, 0.15) is 6.33 Å². The number of hydrogen-bond donors (Lipinski definition) is 1. The summed E-state index contributed by atoms with van der Waals surface area (Å²) in [6.45, 7) is 3.21. The van der Waals surface area contributed by atoms with Gasteiger partial charge in [-0.2, -0.15) is 5.10 Å². The molecule has 1 aromatic rings. The van der Waals surface area contributed by atoms with Crippen LogP contribution >= 0.6 is 12.2 Å². The lowest BCUT2D eigenvalue weighted by atomic mass is 10.2. The van der Waals surface area contributed by atoms with Crippen LogP contribution in [0.3, 0.4) is 0 Å². The van der Waals surface area contributed by atoms with Crippen molar-refractivity contribution in [2.75, 3.05) is 20.6 Å². The molecule has 4 nitrogen and oxygen atoms in total. The maximum absolute atomic E-state index is 5.07. The molecule has 1 rings (SSSR count). The van der Waals surface area contributed by atoms with E-state index in [1.54, 1.807) is 6.33 Å². The Hall–Kier alpha value is -0.680. The molecule has 1 heterocycles. The maximum Gasteiger partial charge on any atom is 0.195 e. The van der Waals surface area contributed by atoms with Gasteiger partial charge in [-0.25, -0.2) is 0 Å². The molecule has 13 heavy (non-hydrogen) atoms. The summed E-state index contributed by atoms with van der Waals surface area (Å²) in [5.74, 6) is 0. The van der Waals surface area contributed by atoms with Crippen molar-refractivity contribution >= 4 is 12.2 Å². The van der Waals surface area contributed by atoms with Crippen LogP contribution in [-0.2, 0) is 0 Å². The van der Waals surface area contributed by atoms with Crippen LogP contribution in [0.2, 0.25) is 0 Å². The van der Waals surface area contributed by atoms with Crippen molar-refractivity contribution in [3.63, 3.8) is 0 Å². The average molecular weight is 200 g/mol. The van der Waals surface area contributed by atoms with E-state index >= 15 is 0 Å². The predicted molar refractivity (Wildman–Crippen MR) is 55.3 cm³/mol. The predicted octanol–water partition coefficient (Wildman–Crippen LogP) is 1.45. The molecule has 0 fully saturated rings. The van der Waals surface area contributed by atoms with E-state index in [4.69, 9.17) is 12.2 Å². The van der Waals surface area contributed by atoms with E-state index in [9.17, 15) is 0 Å². The molecule has 0 aliphatic rings. The summed E-state index contributed by atoms with van der Waals surface area (Å²) in [7, 11) is 4.14. The Bertz CT molecular complexity index is 301. The van der Waals surface area contributed by atoms with Crippen LogP contribution in [0.1, 0.15) is 19.4 Å². The van der Waals surface area contributed by atoms with Crippen molar-refractivity contribution in [3.8, 4) is 0 Å². The van der Waals surface area contributed by atoms with E-state index in [-0.39, 0.29) is 0 Å². The van der Waals surface area contributed by atoms with E-state index in [1.165, 1.54) is 0 Å². The van der Waals surface area contributed by atoms with Gasteiger partial charge >= 0.3 is 0 Å². The molecule has 0 saturated carbocycles. The minimum atomic E-state index is 0.411. The SMILES string of the molecule is CC(CCN(C)C)n1cn[nH]c1=S. The first-order valence-corrected chi connectivity index (χ1v) is 4.78. The van der Waals surface area contributed by atoms with Gasteiger partial charge in [-0.05, 0) is 46.2 Å². The molecule has 0 aliphatic carbocycles. The monoisotopic (exact) mass is 200 g/mol. The van der Waals surface area contributed by atoms with Gasteiger partial charge < -0.3 is 9.47 Å². The number of nitrogens with one attached hydrogen (secondary N) is 1. The molecule has 5 heteroatoms. The highest BCUT2D eigenvalue weighted by atomic mass is 32.1. The molecule has 0 bridgehead atoms. The standard InChI is InChI=1S/C8H16N4S/c1-7(4-5-11(2)3)12-6-9-10-8(12)13/h6-7H,4-5H2,1-3H3,(H,10,13). The van der Waals surface area contributed by atoms with Crippen molar-refractivity contribution in [2.45, 2.75) is 19.4 Å². The molecular weight excluding hydrogens is 184 g/mol. The summed E-state index contributed by atoms with van der Waals surface area (Å²) >= 11 is 5.07. The van der Waals surface area contributed by atoms with Crippen molar-refractivity contribution in [2.24, 2.45) is 0 Å². The molecule has 0 radical (unpaired) electrons. The van der Waals surface area contributed by atoms with E-state index < -0.39 is 0 Å². The second-order valence-electron chi connectivity index (χ2n) is 3.51. The first-order chi connectivity index (χ1) is 6.11. The third-order valence-corrected chi connectivity index (χ3v) is 2.35. The van der Waals surface area contributed by atoms with Gasteiger partial charge in [0.05, 0.1) is 0 Å². The minimum Gasteiger partial charge on any atom is -0.309 e. The Morgan fingerprint density at radius 3 is 2.85 bits per heavy atom. The first-order valence-electron chi connectivity index (χ1n) is 4.37. The lowest BCUT2D eigenvalue weighted by Crippen LogP contribution is -2.17. The Kier molecular flexibility index (Phi) is 3.62. The Morgan fingerprint density at radius 2 is 2.38 bits per heavy atom. The van der Waals surface area contributed by atoms with Crippen molar-refractivity contribution in [3.05, 3.63) is 11.1 Å². The molecular formula is C8H16N4S. The number of rotatable bonds is 4. The number of aromatic amines is 1.